The molecule has 2 rings (SSSR count). The molecule has 1 aromatic carbocycles. The maximum Gasteiger partial charge on any atom is 0.314 e. The lowest BCUT2D eigenvalue weighted by Crippen LogP contribution is -2.33. The molecule has 0 unspecified atom stereocenters. The minimum absolute atomic E-state index is 0.216. The highest BCUT2D eigenvalue weighted by Gasteiger charge is 2.16. The van der Waals surface area contributed by atoms with Gasteiger partial charge in [0.2, 0.25) is 0 Å². The highest BCUT2D eigenvalue weighted by molar-refractivity contribution is 5.73. The van der Waals surface area contributed by atoms with Crippen molar-refractivity contribution in [1.82, 2.24) is 20.4 Å². The summed E-state index contributed by atoms with van der Waals surface area (Å²) in [5.41, 5.74) is 7.39. The lowest BCUT2D eigenvalue weighted by atomic mass is 10.1. The third kappa shape index (κ3) is 3.77. The molecule has 0 radical (unpaired) electrons. The van der Waals surface area contributed by atoms with Crippen LogP contribution in [0.4, 0.5) is 15.0 Å². The van der Waals surface area contributed by atoms with Crippen LogP contribution in [0, 0.1) is 17.1 Å². The number of aromatic nitrogens is 2. The van der Waals surface area contributed by atoms with E-state index < -0.39 is 0 Å². The normalized spacial score (nSPS) is 10.1. The summed E-state index contributed by atoms with van der Waals surface area (Å²) in [5, 5.41) is 18.7. The van der Waals surface area contributed by atoms with Crippen LogP contribution in [0.2, 0.25) is 0 Å². The molecule has 0 atom stereocenters. The number of rotatable bonds is 5. The fourth-order valence-corrected chi connectivity index (χ4v) is 2.10. The first-order valence-electron chi connectivity index (χ1n) is 7.05. The van der Waals surface area contributed by atoms with E-state index in [1.54, 1.807) is 0 Å². The van der Waals surface area contributed by atoms with Crippen molar-refractivity contribution < 1.29 is 9.18 Å². The van der Waals surface area contributed by atoms with Crippen molar-refractivity contribution in [2.75, 3.05) is 19.3 Å². The van der Waals surface area contributed by atoms with Crippen molar-refractivity contribution in [3.05, 3.63) is 41.3 Å². The molecule has 0 aliphatic carbocycles. The van der Waals surface area contributed by atoms with Gasteiger partial charge in [-0.25, -0.2) is 13.9 Å². The predicted octanol–water partition coefficient (Wildman–Crippen LogP) is 1.33. The third-order valence-corrected chi connectivity index (χ3v) is 3.28. The van der Waals surface area contributed by atoms with Crippen LogP contribution in [0.25, 0.3) is 5.69 Å². The summed E-state index contributed by atoms with van der Waals surface area (Å²) in [5.74, 6) is -0.145. The molecule has 120 valence electrons. The fourth-order valence-electron chi connectivity index (χ4n) is 2.10. The van der Waals surface area contributed by atoms with Crippen LogP contribution in [-0.4, -0.2) is 29.4 Å². The van der Waals surface area contributed by atoms with Crippen LogP contribution in [0.15, 0.2) is 24.3 Å². The zero-order chi connectivity index (χ0) is 16.8. The summed E-state index contributed by atoms with van der Waals surface area (Å²) < 4.78 is 14.4. The van der Waals surface area contributed by atoms with Crippen LogP contribution in [0.3, 0.4) is 0 Å². The predicted molar refractivity (Wildman–Crippen MR) is 83.4 cm³/mol. The Labute approximate surface area is 132 Å². The number of amides is 2. The van der Waals surface area contributed by atoms with E-state index in [-0.39, 0.29) is 17.7 Å². The average molecular weight is 316 g/mol. The summed E-state index contributed by atoms with van der Waals surface area (Å²) in [6.45, 7) is 0.452. The Balaban J connectivity index is 2.15. The van der Waals surface area contributed by atoms with Crippen molar-refractivity contribution in [2.45, 2.75) is 12.8 Å². The molecule has 7 nitrogen and oxygen atoms in total. The summed E-state index contributed by atoms with van der Waals surface area (Å²) in [6.07, 6.45) is 1.10. The molecule has 0 spiro atoms. The second-order valence-corrected chi connectivity index (χ2v) is 4.82. The lowest BCUT2D eigenvalue weighted by Gasteiger charge is -2.03. The number of hydrogen-bond donors (Lipinski definition) is 3. The maximum absolute atomic E-state index is 13.0. The molecule has 2 aromatic rings. The molecule has 23 heavy (non-hydrogen) atoms. The minimum atomic E-state index is -0.361. The van der Waals surface area contributed by atoms with E-state index in [0.29, 0.717) is 36.3 Å². The number of carbonyl (C=O) groups is 1. The van der Waals surface area contributed by atoms with Gasteiger partial charge < -0.3 is 16.4 Å². The van der Waals surface area contributed by atoms with Gasteiger partial charge in [-0.15, -0.1) is 0 Å². The van der Waals surface area contributed by atoms with E-state index >= 15 is 0 Å². The highest BCUT2D eigenvalue weighted by atomic mass is 19.1. The first-order valence-corrected chi connectivity index (χ1v) is 7.05. The van der Waals surface area contributed by atoms with Crippen molar-refractivity contribution in [3.63, 3.8) is 0 Å². The molecule has 4 N–H and O–H groups in total. The van der Waals surface area contributed by atoms with Gasteiger partial charge in [0.15, 0.2) is 0 Å². The molecule has 0 aliphatic heterocycles. The first-order chi connectivity index (χ1) is 11.1. The Bertz CT molecular complexity index is 732. The molecular formula is C15H17FN6O. The van der Waals surface area contributed by atoms with Crippen molar-refractivity contribution in [3.8, 4) is 11.8 Å². The van der Waals surface area contributed by atoms with Gasteiger partial charge in [0, 0.05) is 13.6 Å². The van der Waals surface area contributed by atoms with E-state index in [1.165, 1.54) is 36.0 Å². The number of halogens is 1. The summed E-state index contributed by atoms with van der Waals surface area (Å²) in [7, 11) is 1.54. The van der Waals surface area contributed by atoms with Crippen molar-refractivity contribution in [2.24, 2.45) is 0 Å². The third-order valence-electron chi connectivity index (χ3n) is 3.28. The zero-order valence-electron chi connectivity index (χ0n) is 12.6. The van der Waals surface area contributed by atoms with Gasteiger partial charge in [-0.05, 0) is 37.1 Å². The summed E-state index contributed by atoms with van der Waals surface area (Å²) >= 11 is 0. The molecule has 2 amide bonds. The Morgan fingerprint density at radius 3 is 2.74 bits per heavy atom. The van der Waals surface area contributed by atoms with E-state index in [1.807, 2.05) is 6.07 Å². The highest BCUT2D eigenvalue weighted by Crippen LogP contribution is 2.21. The maximum atomic E-state index is 13.0. The number of carbonyl (C=O) groups excluding carboxylic acids is 1. The molecule has 1 heterocycles. The number of nitrogen functional groups attached to an aromatic ring is 1. The molecule has 1 aromatic heterocycles. The number of benzene rings is 1. The molecule has 0 bridgehead atoms. The topological polar surface area (TPSA) is 109 Å². The first kappa shape index (κ1) is 16.3. The monoisotopic (exact) mass is 316 g/mol. The molecular weight excluding hydrogens is 299 g/mol. The number of urea groups is 1. The Hall–Kier alpha value is -3.08. The summed E-state index contributed by atoms with van der Waals surface area (Å²) in [4.78, 5) is 11.1. The number of hydrogen-bond acceptors (Lipinski definition) is 4. The Morgan fingerprint density at radius 1 is 1.43 bits per heavy atom. The van der Waals surface area contributed by atoms with Gasteiger partial charge in [0.05, 0.1) is 11.4 Å². The largest absolute Gasteiger partial charge is 0.382 e. The van der Waals surface area contributed by atoms with E-state index in [9.17, 15) is 14.4 Å². The van der Waals surface area contributed by atoms with Crippen LogP contribution in [-0.2, 0) is 6.42 Å². The molecule has 8 heteroatoms. The molecule has 0 aliphatic rings. The lowest BCUT2D eigenvalue weighted by molar-refractivity contribution is 0.243. The number of nitrogens with zero attached hydrogens (tertiary/aromatic N) is 3. The van der Waals surface area contributed by atoms with Crippen LogP contribution >= 0.6 is 0 Å². The van der Waals surface area contributed by atoms with Gasteiger partial charge in [-0.3, -0.25) is 0 Å². The molecule has 0 fully saturated rings. The molecule has 0 saturated heterocycles. The van der Waals surface area contributed by atoms with Gasteiger partial charge >= 0.3 is 6.03 Å². The number of nitriles is 1. The van der Waals surface area contributed by atoms with Crippen LogP contribution in [0.5, 0.6) is 0 Å². The van der Waals surface area contributed by atoms with Gasteiger partial charge in [0.1, 0.15) is 23.3 Å². The van der Waals surface area contributed by atoms with E-state index in [4.69, 9.17) is 5.73 Å². The van der Waals surface area contributed by atoms with Gasteiger partial charge in [-0.2, -0.15) is 10.4 Å². The van der Waals surface area contributed by atoms with E-state index in [0.717, 1.165) is 0 Å². The minimum Gasteiger partial charge on any atom is -0.382 e. The Kier molecular flexibility index (Phi) is 5.15. The van der Waals surface area contributed by atoms with Crippen molar-refractivity contribution in [1.29, 1.82) is 5.26 Å². The number of nitrogens with two attached hydrogens (primary N) is 1. The number of anilines is 1. The van der Waals surface area contributed by atoms with Gasteiger partial charge in [-0.1, -0.05) is 0 Å². The Morgan fingerprint density at radius 2 is 2.13 bits per heavy atom. The second kappa shape index (κ2) is 7.26. The SMILES string of the molecule is CNC(=O)NCCCc1nn(-c2ccc(F)cc2)c(N)c1C#N. The van der Waals surface area contributed by atoms with E-state index in [2.05, 4.69) is 15.7 Å². The fraction of sp³-hybridized carbons (Fsp3) is 0.267. The van der Waals surface area contributed by atoms with Crippen molar-refractivity contribution >= 4 is 11.8 Å². The zero-order valence-corrected chi connectivity index (χ0v) is 12.6. The van der Waals surface area contributed by atoms with Crippen LogP contribution in [0.1, 0.15) is 17.7 Å². The quantitative estimate of drug-likeness (QED) is 0.723. The standard InChI is InChI=1S/C15H17FN6O/c1-19-15(23)20-8-2-3-13-12(9-17)14(18)22(21-13)11-6-4-10(16)5-7-11/h4-7H,2-3,8,18H2,1H3,(H2,19,20,23). The van der Waals surface area contributed by atoms with Gasteiger partial charge in [0.25, 0.3) is 0 Å². The summed E-state index contributed by atoms with van der Waals surface area (Å²) in [6, 6.07) is 7.46. The number of aryl methyl sites for hydroxylation is 1. The molecule has 0 saturated carbocycles. The second-order valence-electron chi connectivity index (χ2n) is 4.82. The smallest absolute Gasteiger partial charge is 0.314 e. The average Bonchev–Trinajstić information content (AvgIpc) is 2.87. The van der Waals surface area contributed by atoms with Crippen LogP contribution < -0.4 is 16.4 Å². The number of nitrogens with one attached hydrogen (secondary N) is 2.